The Bertz CT molecular complexity index is 1340. The van der Waals surface area contributed by atoms with Gasteiger partial charge in [0.15, 0.2) is 6.10 Å². The van der Waals surface area contributed by atoms with Crippen molar-refractivity contribution in [2.24, 2.45) is 0 Å². The summed E-state index contributed by atoms with van der Waals surface area (Å²) in [5, 5.41) is 0. The van der Waals surface area contributed by atoms with Crippen LogP contribution in [0.1, 0.15) is 342 Å². The van der Waals surface area contributed by atoms with Gasteiger partial charge in [-0.2, -0.15) is 0 Å². The lowest BCUT2D eigenvalue weighted by molar-refractivity contribution is -0.167. The lowest BCUT2D eigenvalue weighted by Crippen LogP contribution is -2.30. The first-order chi connectivity index (χ1) is 37.0. The van der Waals surface area contributed by atoms with Gasteiger partial charge in [-0.05, 0) is 89.9 Å². The third kappa shape index (κ3) is 61.8. The first-order valence-corrected chi connectivity index (χ1v) is 32.8. The molecule has 0 aromatic carbocycles. The van der Waals surface area contributed by atoms with Crippen molar-refractivity contribution in [1.82, 2.24) is 0 Å². The highest BCUT2D eigenvalue weighted by molar-refractivity contribution is 5.71. The number of unbranched alkanes of at least 4 members (excludes halogenated alkanes) is 39. The number of ether oxygens (including phenoxy) is 3. The van der Waals surface area contributed by atoms with Crippen LogP contribution in [0.15, 0.2) is 60.8 Å². The smallest absolute Gasteiger partial charge is 0.306 e. The van der Waals surface area contributed by atoms with Crippen molar-refractivity contribution in [3.63, 3.8) is 0 Å². The Labute approximate surface area is 466 Å². The first kappa shape index (κ1) is 72.1. The zero-order valence-electron chi connectivity index (χ0n) is 50.1. The number of hydrogen-bond acceptors (Lipinski definition) is 6. The van der Waals surface area contributed by atoms with Crippen molar-refractivity contribution in [1.29, 1.82) is 0 Å². The molecule has 0 saturated heterocycles. The quantitative estimate of drug-likeness (QED) is 0.0261. The zero-order valence-corrected chi connectivity index (χ0v) is 50.1. The minimum atomic E-state index is -0.773. The van der Waals surface area contributed by atoms with Gasteiger partial charge in [-0.25, -0.2) is 0 Å². The average Bonchev–Trinajstić information content (AvgIpc) is 3.41. The van der Waals surface area contributed by atoms with Gasteiger partial charge in [0, 0.05) is 19.3 Å². The molecule has 6 heteroatoms. The van der Waals surface area contributed by atoms with Gasteiger partial charge in [-0.1, -0.05) is 293 Å². The van der Waals surface area contributed by atoms with Gasteiger partial charge in [0.1, 0.15) is 13.2 Å². The van der Waals surface area contributed by atoms with Crippen LogP contribution in [0, 0.1) is 0 Å². The lowest BCUT2D eigenvalue weighted by atomic mass is 10.0. The molecule has 0 aromatic heterocycles. The van der Waals surface area contributed by atoms with Crippen molar-refractivity contribution in [3.05, 3.63) is 60.8 Å². The molecule has 0 aromatic rings. The molecule has 0 radical (unpaired) electrons. The molecule has 0 amide bonds. The molecule has 1 atom stereocenters. The van der Waals surface area contributed by atoms with Crippen LogP contribution in [-0.4, -0.2) is 37.2 Å². The second kappa shape index (κ2) is 63.6. The Kier molecular flexibility index (Phi) is 61.2. The average molecular weight is 1050 g/mol. The van der Waals surface area contributed by atoms with E-state index in [4.69, 9.17) is 14.2 Å². The summed E-state index contributed by atoms with van der Waals surface area (Å²) >= 11 is 0. The van der Waals surface area contributed by atoms with Crippen molar-refractivity contribution >= 4 is 17.9 Å². The SMILES string of the molecule is CCCCCCC/C=C\C/C=C\C/C=C\CCCCCCCCCCCCCCC(=O)OCC(COC(=O)CCCCCCCCC)OC(=O)CCCCCCCCCCCCC/C=C\C/C=C\CCCCCCC. The highest BCUT2D eigenvalue weighted by Gasteiger charge is 2.19. The lowest BCUT2D eigenvalue weighted by Gasteiger charge is -2.18. The van der Waals surface area contributed by atoms with Crippen molar-refractivity contribution in [2.45, 2.75) is 348 Å². The maximum Gasteiger partial charge on any atom is 0.306 e. The minimum absolute atomic E-state index is 0.0729. The molecule has 0 rings (SSSR count). The van der Waals surface area contributed by atoms with Crippen LogP contribution in [0.4, 0.5) is 0 Å². The first-order valence-electron chi connectivity index (χ1n) is 32.8. The fourth-order valence-corrected chi connectivity index (χ4v) is 9.54. The molecule has 0 spiro atoms. The Morgan fingerprint density at radius 2 is 0.480 bits per heavy atom. The van der Waals surface area contributed by atoms with E-state index < -0.39 is 6.10 Å². The molecule has 0 saturated carbocycles. The Morgan fingerprint density at radius 1 is 0.267 bits per heavy atom. The van der Waals surface area contributed by atoms with Crippen LogP contribution in [0.2, 0.25) is 0 Å². The van der Waals surface area contributed by atoms with Crippen LogP contribution in [-0.2, 0) is 28.6 Å². The topological polar surface area (TPSA) is 78.9 Å². The van der Waals surface area contributed by atoms with Crippen LogP contribution < -0.4 is 0 Å². The molecule has 0 aliphatic heterocycles. The second-order valence-electron chi connectivity index (χ2n) is 22.0. The number of carbonyl (C=O) groups excluding carboxylic acids is 3. The summed E-state index contributed by atoms with van der Waals surface area (Å²) in [7, 11) is 0. The summed E-state index contributed by atoms with van der Waals surface area (Å²) in [4.78, 5) is 38.1. The molecule has 436 valence electrons. The van der Waals surface area contributed by atoms with Crippen LogP contribution in [0.5, 0.6) is 0 Å². The number of hydrogen-bond donors (Lipinski definition) is 0. The Balaban J connectivity index is 4.11. The van der Waals surface area contributed by atoms with Gasteiger partial charge in [-0.15, -0.1) is 0 Å². The third-order valence-electron chi connectivity index (χ3n) is 14.5. The number of allylic oxidation sites excluding steroid dienone is 10. The van der Waals surface area contributed by atoms with Crippen molar-refractivity contribution in [2.75, 3.05) is 13.2 Å². The van der Waals surface area contributed by atoms with E-state index in [1.54, 1.807) is 0 Å². The van der Waals surface area contributed by atoms with Gasteiger partial charge in [0.2, 0.25) is 0 Å². The molecule has 6 nitrogen and oxygen atoms in total. The summed E-state index contributed by atoms with van der Waals surface area (Å²) in [6, 6.07) is 0. The van der Waals surface area contributed by atoms with Crippen molar-refractivity contribution in [3.8, 4) is 0 Å². The minimum Gasteiger partial charge on any atom is -0.462 e. The standard InChI is InChI=1S/C69H124O6/c1-4-7-10-13-16-18-20-22-24-26-28-30-32-33-34-35-37-38-40-42-44-46-48-50-53-56-59-62-68(71)74-65-66(64-73-67(70)61-58-55-52-15-12-9-6-3)75-69(72)63-60-57-54-51-49-47-45-43-41-39-36-31-29-27-25-23-21-19-17-14-11-8-5-2/h20-23,26-29,32-33,66H,4-19,24-25,30-31,34-65H2,1-3H3/b22-20-,23-21-,28-26-,29-27-,33-32-. The van der Waals surface area contributed by atoms with Crippen LogP contribution in [0.25, 0.3) is 0 Å². The molecule has 0 aliphatic rings. The molecule has 0 N–H and O–H groups in total. The predicted octanol–water partition coefficient (Wildman–Crippen LogP) is 22.3. The van der Waals surface area contributed by atoms with Crippen molar-refractivity contribution < 1.29 is 28.6 Å². The summed E-state index contributed by atoms with van der Waals surface area (Å²) < 4.78 is 16.9. The molecular weight excluding hydrogens is 925 g/mol. The number of rotatable bonds is 60. The van der Waals surface area contributed by atoms with E-state index >= 15 is 0 Å². The highest BCUT2D eigenvalue weighted by atomic mass is 16.6. The molecule has 75 heavy (non-hydrogen) atoms. The van der Waals surface area contributed by atoms with E-state index in [1.807, 2.05) is 0 Å². The summed E-state index contributed by atoms with van der Waals surface area (Å²) in [6.07, 6.45) is 81.1. The van der Waals surface area contributed by atoms with Gasteiger partial charge in [-0.3, -0.25) is 14.4 Å². The zero-order chi connectivity index (χ0) is 54.3. The monoisotopic (exact) mass is 1050 g/mol. The van der Waals surface area contributed by atoms with Gasteiger partial charge in [0.25, 0.3) is 0 Å². The summed E-state index contributed by atoms with van der Waals surface area (Å²) in [5.41, 5.74) is 0. The predicted molar refractivity (Wildman–Crippen MR) is 325 cm³/mol. The molecular formula is C69H124O6. The largest absolute Gasteiger partial charge is 0.462 e. The molecule has 0 fully saturated rings. The Morgan fingerprint density at radius 3 is 0.747 bits per heavy atom. The van der Waals surface area contributed by atoms with E-state index in [9.17, 15) is 14.4 Å². The van der Waals surface area contributed by atoms with E-state index in [0.29, 0.717) is 19.3 Å². The van der Waals surface area contributed by atoms with E-state index in [0.717, 1.165) is 77.0 Å². The second-order valence-corrected chi connectivity index (χ2v) is 22.0. The summed E-state index contributed by atoms with van der Waals surface area (Å²) in [6.45, 7) is 6.61. The number of esters is 3. The third-order valence-corrected chi connectivity index (χ3v) is 14.5. The molecule has 0 aliphatic carbocycles. The van der Waals surface area contributed by atoms with Gasteiger partial charge < -0.3 is 14.2 Å². The van der Waals surface area contributed by atoms with Gasteiger partial charge in [0.05, 0.1) is 0 Å². The van der Waals surface area contributed by atoms with Gasteiger partial charge >= 0.3 is 17.9 Å². The fourth-order valence-electron chi connectivity index (χ4n) is 9.54. The maximum absolute atomic E-state index is 12.9. The maximum atomic E-state index is 12.9. The summed E-state index contributed by atoms with van der Waals surface area (Å²) in [5.74, 6) is -0.867. The van der Waals surface area contributed by atoms with E-state index in [2.05, 4.69) is 81.5 Å². The molecule has 0 bridgehead atoms. The molecule has 1 unspecified atom stereocenters. The number of carbonyl (C=O) groups is 3. The fraction of sp³-hybridized carbons (Fsp3) is 0.812. The van der Waals surface area contributed by atoms with Crippen LogP contribution in [0.3, 0.4) is 0 Å². The van der Waals surface area contributed by atoms with E-state index in [1.165, 1.54) is 225 Å². The highest BCUT2D eigenvalue weighted by Crippen LogP contribution is 2.17. The van der Waals surface area contributed by atoms with E-state index in [-0.39, 0.29) is 31.1 Å². The normalized spacial score (nSPS) is 12.4. The van der Waals surface area contributed by atoms with Crippen LogP contribution >= 0.6 is 0 Å². The molecule has 0 heterocycles. The Hall–Kier alpha value is -2.89.